The number of amides is 1. The van der Waals surface area contributed by atoms with Crippen molar-refractivity contribution < 1.29 is 9.18 Å². The highest BCUT2D eigenvalue weighted by molar-refractivity contribution is 6.06. The van der Waals surface area contributed by atoms with Crippen LogP contribution in [0.3, 0.4) is 0 Å². The molecule has 0 spiro atoms. The minimum absolute atomic E-state index is 0.199. The molecule has 0 unspecified atom stereocenters. The number of nitrogens with one attached hydrogen (secondary N) is 1. The molecule has 2 aromatic carbocycles. The zero-order chi connectivity index (χ0) is 13.7. The third-order valence-electron chi connectivity index (χ3n) is 2.64. The maximum absolute atomic E-state index is 12.7. The van der Waals surface area contributed by atoms with Crippen molar-refractivity contribution in [2.45, 2.75) is 6.92 Å². The summed E-state index contributed by atoms with van der Waals surface area (Å²) in [4.78, 5) is 11.9. The molecule has 0 aliphatic carbocycles. The van der Waals surface area contributed by atoms with Gasteiger partial charge in [0, 0.05) is 11.3 Å². The van der Waals surface area contributed by atoms with Gasteiger partial charge < -0.3 is 5.32 Å². The van der Waals surface area contributed by atoms with Gasteiger partial charge in [0.1, 0.15) is 5.82 Å². The average Bonchev–Trinajstić information content (AvgIpc) is 2.42. The van der Waals surface area contributed by atoms with Crippen LogP contribution in [0.5, 0.6) is 0 Å². The molecule has 0 saturated carbocycles. The second-order valence-corrected chi connectivity index (χ2v) is 4.20. The van der Waals surface area contributed by atoms with Gasteiger partial charge >= 0.3 is 0 Å². The van der Waals surface area contributed by atoms with Crippen molar-refractivity contribution in [3.8, 4) is 0 Å². The summed E-state index contributed by atoms with van der Waals surface area (Å²) in [6.45, 7) is 1.74. The maximum atomic E-state index is 12.7. The van der Waals surface area contributed by atoms with Crippen molar-refractivity contribution in [2.75, 3.05) is 5.32 Å². The third kappa shape index (κ3) is 3.78. The molecule has 0 aromatic heterocycles. The van der Waals surface area contributed by atoms with Gasteiger partial charge in [-0.2, -0.15) is 0 Å². The number of hydrogen-bond acceptors (Lipinski definition) is 1. The minimum Gasteiger partial charge on any atom is -0.322 e. The maximum Gasteiger partial charge on any atom is 0.251 e. The molecule has 2 nitrogen and oxygen atoms in total. The molecule has 2 aromatic rings. The summed E-state index contributed by atoms with van der Waals surface area (Å²) in [5.74, 6) is -0.523. The van der Waals surface area contributed by atoms with Crippen LogP contribution in [0.1, 0.15) is 12.5 Å². The van der Waals surface area contributed by atoms with Gasteiger partial charge in [0.25, 0.3) is 5.91 Å². The van der Waals surface area contributed by atoms with Crippen LogP contribution in [0.2, 0.25) is 0 Å². The quantitative estimate of drug-likeness (QED) is 0.829. The number of anilines is 1. The summed E-state index contributed by atoms with van der Waals surface area (Å²) in [7, 11) is 0. The number of hydrogen-bond donors (Lipinski definition) is 1. The van der Waals surface area contributed by atoms with E-state index < -0.39 is 0 Å². The Morgan fingerprint density at radius 2 is 1.68 bits per heavy atom. The molecule has 1 amide bonds. The molecule has 2 rings (SSSR count). The van der Waals surface area contributed by atoms with Gasteiger partial charge in [-0.05, 0) is 42.8 Å². The Morgan fingerprint density at radius 1 is 1.05 bits per heavy atom. The highest BCUT2D eigenvalue weighted by Gasteiger charge is 2.04. The number of benzene rings is 2. The van der Waals surface area contributed by atoms with E-state index in [2.05, 4.69) is 5.32 Å². The lowest BCUT2D eigenvalue weighted by Gasteiger charge is -2.05. The van der Waals surface area contributed by atoms with Crippen LogP contribution in [0.15, 0.2) is 60.2 Å². The number of rotatable bonds is 3. The Kier molecular flexibility index (Phi) is 4.08. The van der Waals surface area contributed by atoms with Crippen LogP contribution in [-0.2, 0) is 4.79 Å². The van der Waals surface area contributed by atoms with Crippen LogP contribution in [0.4, 0.5) is 10.1 Å². The first-order chi connectivity index (χ1) is 9.15. The Hall–Kier alpha value is -2.42. The van der Waals surface area contributed by atoms with E-state index in [4.69, 9.17) is 0 Å². The third-order valence-corrected chi connectivity index (χ3v) is 2.64. The van der Waals surface area contributed by atoms with E-state index in [9.17, 15) is 9.18 Å². The summed E-state index contributed by atoms with van der Waals surface area (Å²) in [6, 6.07) is 15.3. The van der Waals surface area contributed by atoms with E-state index in [1.54, 1.807) is 13.0 Å². The lowest BCUT2D eigenvalue weighted by Crippen LogP contribution is -2.12. The van der Waals surface area contributed by atoms with Crippen molar-refractivity contribution in [3.63, 3.8) is 0 Å². The normalized spacial score (nSPS) is 11.2. The molecule has 0 aliphatic heterocycles. The molecule has 1 N–H and O–H groups in total. The first kappa shape index (κ1) is 13.0. The van der Waals surface area contributed by atoms with Gasteiger partial charge in [0.15, 0.2) is 0 Å². The van der Waals surface area contributed by atoms with Crippen LogP contribution < -0.4 is 5.32 Å². The fourth-order valence-electron chi connectivity index (χ4n) is 1.63. The van der Waals surface area contributed by atoms with Gasteiger partial charge in [0.2, 0.25) is 0 Å². The van der Waals surface area contributed by atoms with E-state index in [1.807, 2.05) is 30.3 Å². The van der Waals surface area contributed by atoms with Crippen LogP contribution in [0, 0.1) is 5.82 Å². The van der Waals surface area contributed by atoms with Gasteiger partial charge in [0.05, 0.1) is 0 Å². The zero-order valence-corrected chi connectivity index (χ0v) is 10.6. The predicted octanol–water partition coefficient (Wildman–Crippen LogP) is 3.87. The van der Waals surface area contributed by atoms with Crippen molar-refractivity contribution >= 4 is 17.7 Å². The van der Waals surface area contributed by atoms with E-state index in [0.717, 1.165) is 5.56 Å². The summed E-state index contributed by atoms with van der Waals surface area (Å²) in [5, 5.41) is 2.72. The molecule has 0 aliphatic rings. The molecule has 96 valence electrons. The summed E-state index contributed by atoms with van der Waals surface area (Å²) >= 11 is 0. The Balaban J connectivity index is 2.07. The molecule has 0 saturated heterocycles. The first-order valence-electron chi connectivity index (χ1n) is 5.95. The SMILES string of the molecule is CC(=Cc1ccccc1)C(=O)Nc1ccc(F)cc1. The fourth-order valence-corrected chi connectivity index (χ4v) is 1.63. The van der Waals surface area contributed by atoms with Gasteiger partial charge in [-0.3, -0.25) is 4.79 Å². The van der Waals surface area contributed by atoms with Gasteiger partial charge in [-0.25, -0.2) is 4.39 Å². The minimum atomic E-state index is -0.324. The first-order valence-corrected chi connectivity index (χ1v) is 5.95. The van der Waals surface area contributed by atoms with Crippen molar-refractivity contribution in [3.05, 3.63) is 71.6 Å². The van der Waals surface area contributed by atoms with Crippen LogP contribution in [0.25, 0.3) is 6.08 Å². The monoisotopic (exact) mass is 255 g/mol. The smallest absolute Gasteiger partial charge is 0.251 e. The second-order valence-electron chi connectivity index (χ2n) is 4.20. The Bertz CT molecular complexity index is 588. The summed E-state index contributed by atoms with van der Waals surface area (Å²) in [6.07, 6.45) is 1.80. The van der Waals surface area contributed by atoms with Gasteiger partial charge in [-0.1, -0.05) is 30.3 Å². The second kappa shape index (κ2) is 5.96. The fraction of sp³-hybridized carbons (Fsp3) is 0.0625. The highest BCUT2D eigenvalue weighted by Crippen LogP contribution is 2.11. The molecule has 0 heterocycles. The summed E-state index contributed by atoms with van der Waals surface area (Å²) in [5.41, 5.74) is 2.14. The highest BCUT2D eigenvalue weighted by atomic mass is 19.1. The van der Waals surface area contributed by atoms with Crippen molar-refractivity contribution in [2.24, 2.45) is 0 Å². The topological polar surface area (TPSA) is 29.1 Å². The molecule has 0 radical (unpaired) electrons. The van der Waals surface area contributed by atoms with Crippen LogP contribution >= 0.6 is 0 Å². The Morgan fingerprint density at radius 3 is 2.32 bits per heavy atom. The van der Waals surface area contributed by atoms with Crippen molar-refractivity contribution in [1.29, 1.82) is 0 Å². The lowest BCUT2D eigenvalue weighted by atomic mass is 10.1. The summed E-state index contributed by atoms with van der Waals surface area (Å²) < 4.78 is 12.7. The average molecular weight is 255 g/mol. The lowest BCUT2D eigenvalue weighted by molar-refractivity contribution is -0.112. The molecule has 3 heteroatoms. The Labute approximate surface area is 111 Å². The zero-order valence-electron chi connectivity index (χ0n) is 10.6. The molecule has 0 bridgehead atoms. The largest absolute Gasteiger partial charge is 0.322 e. The number of carbonyl (C=O) groups is 1. The number of halogens is 1. The van der Waals surface area contributed by atoms with E-state index in [-0.39, 0.29) is 11.7 Å². The predicted molar refractivity (Wildman–Crippen MR) is 75.1 cm³/mol. The standard InChI is InChI=1S/C16H14FNO/c1-12(11-13-5-3-2-4-6-13)16(19)18-15-9-7-14(17)8-10-15/h2-11H,1H3,(H,18,19). The van der Waals surface area contributed by atoms with E-state index in [0.29, 0.717) is 11.3 Å². The molecule has 19 heavy (non-hydrogen) atoms. The van der Waals surface area contributed by atoms with Crippen molar-refractivity contribution in [1.82, 2.24) is 0 Å². The number of carbonyl (C=O) groups excluding carboxylic acids is 1. The van der Waals surface area contributed by atoms with E-state index in [1.165, 1.54) is 24.3 Å². The van der Waals surface area contributed by atoms with Gasteiger partial charge in [-0.15, -0.1) is 0 Å². The molecular formula is C16H14FNO. The molecule has 0 fully saturated rings. The molecular weight excluding hydrogens is 241 g/mol. The van der Waals surface area contributed by atoms with E-state index >= 15 is 0 Å². The molecule has 0 atom stereocenters. The van der Waals surface area contributed by atoms with Crippen LogP contribution in [-0.4, -0.2) is 5.91 Å².